The van der Waals surface area contributed by atoms with Crippen LogP contribution in [0.5, 0.6) is 0 Å². The summed E-state index contributed by atoms with van der Waals surface area (Å²) in [5, 5.41) is 0. The van der Waals surface area contributed by atoms with Gasteiger partial charge in [0.1, 0.15) is 0 Å². The van der Waals surface area contributed by atoms with E-state index in [0.717, 1.165) is 17.9 Å². The lowest BCUT2D eigenvalue weighted by Gasteiger charge is -2.40. The first-order valence-corrected chi connectivity index (χ1v) is 6.78. The van der Waals surface area contributed by atoms with Crippen LogP contribution in [0.1, 0.15) is 19.3 Å². The third-order valence-electron chi connectivity index (χ3n) is 3.57. The lowest BCUT2D eigenvalue weighted by Crippen LogP contribution is -2.51. The number of thioether (sulfide) groups is 1. The van der Waals surface area contributed by atoms with E-state index in [4.69, 9.17) is 10.6 Å². The second kappa shape index (κ2) is 5.16. The van der Waals surface area contributed by atoms with Crippen molar-refractivity contribution in [2.24, 2.45) is 11.8 Å². The zero-order valence-electron chi connectivity index (χ0n) is 9.12. The van der Waals surface area contributed by atoms with Gasteiger partial charge in [-0.25, -0.2) is 8.78 Å². The van der Waals surface area contributed by atoms with E-state index in [1.807, 2.05) is 11.8 Å². The highest BCUT2D eigenvalue weighted by Gasteiger charge is 2.44. The third kappa shape index (κ3) is 2.50. The van der Waals surface area contributed by atoms with Crippen LogP contribution in [0.25, 0.3) is 0 Å². The van der Waals surface area contributed by atoms with Crippen molar-refractivity contribution in [3.05, 3.63) is 0 Å². The van der Waals surface area contributed by atoms with Crippen LogP contribution in [0.2, 0.25) is 0 Å². The third-order valence-corrected chi connectivity index (χ3v) is 4.79. The maximum Gasteiger partial charge on any atom is 0.255 e. The highest BCUT2D eigenvalue weighted by atomic mass is 32.2. The van der Waals surface area contributed by atoms with Gasteiger partial charge in [-0.1, -0.05) is 0 Å². The van der Waals surface area contributed by atoms with Crippen LogP contribution in [-0.4, -0.2) is 36.2 Å². The molecular formula is C10H18F2N2OS. The Morgan fingerprint density at radius 2 is 2.31 bits per heavy atom. The zero-order valence-corrected chi connectivity index (χ0v) is 9.94. The second-order valence-electron chi connectivity index (χ2n) is 4.61. The summed E-state index contributed by atoms with van der Waals surface area (Å²) in [4.78, 5) is 0. The Labute approximate surface area is 98.4 Å². The Balaban J connectivity index is 2.00. The van der Waals surface area contributed by atoms with Crippen LogP contribution in [0.4, 0.5) is 8.78 Å². The monoisotopic (exact) mass is 252 g/mol. The van der Waals surface area contributed by atoms with E-state index < -0.39 is 12.5 Å². The molecule has 0 bridgehead atoms. The average Bonchev–Trinajstić information content (AvgIpc) is 2.67. The van der Waals surface area contributed by atoms with E-state index in [1.54, 1.807) is 0 Å². The van der Waals surface area contributed by atoms with E-state index in [0.29, 0.717) is 19.4 Å². The van der Waals surface area contributed by atoms with Crippen molar-refractivity contribution in [1.82, 2.24) is 5.43 Å². The summed E-state index contributed by atoms with van der Waals surface area (Å²) in [5.74, 6) is 7.15. The Kier molecular flexibility index (Phi) is 4.05. The number of ether oxygens (including phenoxy) is 1. The molecule has 0 aromatic heterocycles. The number of rotatable bonds is 3. The van der Waals surface area contributed by atoms with E-state index in [-0.39, 0.29) is 11.5 Å². The van der Waals surface area contributed by atoms with Crippen LogP contribution in [0, 0.1) is 5.92 Å². The lowest BCUT2D eigenvalue weighted by molar-refractivity contribution is -0.0953. The Morgan fingerprint density at radius 3 is 2.88 bits per heavy atom. The first-order chi connectivity index (χ1) is 7.67. The second-order valence-corrected chi connectivity index (χ2v) is 5.72. The zero-order chi connectivity index (χ0) is 11.6. The fourth-order valence-corrected chi connectivity index (χ4v) is 4.03. The molecule has 2 aliphatic rings. The number of hydrogen-bond donors (Lipinski definition) is 2. The minimum Gasteiger partial charge on any atom is -0.374 e. The van der Waals surface area contributed by atoms with Crippen molar-refractivity contribution in [3.8, 4) is 0 Å². The van der Waals surface area contributed by atoms with Crippen LogP contribution < -0.4 is 11.3 Å². The smallest absolute Gasteiger partial charge is 0.255 e. The SMILES string of the molecule is NNC(C(F)F)C1CCOC2(CCSC2)C1. The number of nitrogens with two attached hydrogens (primary N) is 1. The Morgan fingerprint density at radius 1 is 1.50 bits per heavy atom. The fraction of sp³-hybridized carbons (Fsp3) is 1.00. The predicted molar refractivity (Wildman–Crippen MR) is 60.5 cm³/mol. The van der Waals surface area contributed by atoms with E-state index in [2.05, 4.69) is 5.43 Å². The minimum absolute atomic E-state index is 0.0718. The summed E-state index contributed by atoms with van der Waals surface area (Å²) in [6, 6.07) is -0.897. The Bertz CT molecular complexity index is 237. The summed E-state index contributed by atoms with van der Waals surface area (Å²) in [6.45, 7) is 0.579. The largest absolute Gasteiger partial charge is 0.374 e. The maximum absolute atomic E-state index is 12.8. The van der Waals surface area contributed by atoms with Gasteiger partial charge in [0.25, 0.3) is 6.43 Å². The summed E-state index contributed by atoms with van der Waals surface area (Å²) < 4.78 is 31.3. The van der Waals surface area contributed by atoms with Gasteiger partial charge in [0.15, 0.2) is 0 Å². The molecule has 2 fully saturated rings. The molecule has 3 unspecified atom stereocenters. The summed E-state index contributed by atoms with van der Waals surface area (Å²) >= 11 is 1.85. The molecule has 6 heteroatoms. The van der Waals surface area contributed by atoms with Crippen molar-refractivity contribution < 1.29 is 13.5 Å². The molecule has 16 heavy (non-hydrogen) atoms. The molecule has 94 valence electrons. The molecule has 3 N–H and O–H groups in total. The summed E-state index contributed by atoms with van der Waals surface area (Å²) in [7, 11) is 0. The van der Waals surface area contributed by atoms with Gasteiger partial charge in [-0.05, 0) is 30.9 Å². The fourth-order valence-electron chi connectivity index (χ4n) is 2.65. The number of hydrazine groups is 1. The highest BCUT2D eigenvalue weighted by molar-refractivity contribution is 7.99. The molecule has 0 aromatic rings. The van der Waals surface area contributed by atoms with E-state index >= 15 is 0 Å². The van der Waals surface area contributed by atoms with E-state index in [9.17, 15) is 8.78 Å². The van der Waals surface area contributed by atoms with Crippen molar-refractivity contribution in [3.63, 3.8) is 0 Å². The van der Waals surface area contributed by atoms with Crippen molar-refractivity contribution in [2.75, 3.05) is 18.1 Å². The van der Waals surface area contributed by atoms with Gasteiger partial charge in [-0.2, -0.15) is 11.8 Å². The Hall–Kier alpha value is 0.0900. The molecule has 2 saturated heterocycles. The molecule has 0 saturated carbocycles. The first kappa shape index (κ1) is 12.5. The van der Waals surface area contributed by atoms with Gasteiger partial charge in [-0.3, -0.25) is 11.3 Å². The quantitative estimate of drug-likeness (QED) is 0.588. The molecular weight excluding hydrogens is 234 g/mol. The van der Waals surface area contributed by atoms with Gasteiger partial charge in [0.2, 0.25) is 0 Å². The summed E-state index contributed by atoms with van der Waals surface area (Å²) in [6.07, 6.45) is -0.0429. The number of halogens is 2. The molecule has 1 spiro atoms. The number of alkyl halides is 2. The molecule has 0 aliphatic carbocycles. The number of nitrogens with one attached hydrogen (secondary N) is 1. The van der Waals surface area contributed by atoms with Gasteiger partial charge >= 0.3 is 0 Å². The van der Waals surface area contributed by atoms with Crippen LogP contribution >= 0.6 is 11.8 Å². The molecule has 0 amide bonds. The van der Waals surface area contributed by atoms with Gasteiger partial charge in [0, 0.05) is 12.4 Å². The topological polar surface area (TPSA) is 47.3 Å². The maximum atomic E-state index is 12.8. The lowest BCUT2D eigenvalue weighted by atomic mass is 9.81. The molecule has 3 nitrogen and oxygen atoms in total. The van der Waals surface area contributed by atoms with E-state index in [1.165, 1.54) is 0 Å². The van der Waals surface area contributed by atoms with Gasteiger partial charge in [-0.15, -0.1) is 0 Å². The number of hydrogen-bond acceptors (Lipinski definition) is 4. The standard InChI is InChI=1S/C10H18F2N2OS/c11-9(12)8(14-13)7-1-3-15-10(5-7)2-4-16-6-10/h7-9,14H,1-6,13H2. The average molecular weight is 252 g/mol. The van der Waals surface area contributed by atoms with Crippen LogP contribution in [0.15, 0.2) is 0 Å². The molecule has 3 atom stereocenters. The highest BCUT2D eigenvalue weighted by Crippen LogP contribution is 2.41. The molecule has 0 aromatic carbocycles. The molecule has 2 rings (SSSR count). The normalized spacial score (nSPS) is 37.1. The first-order valence-electron chi connectivity index (χ1n) is 5.63. The minimum atomic E-state index is -2.40. The van der Waals surface area contributed by atoms with Gasteiger partial charge in [0.05, 0.1) is 11.6 Å². The van der Waals surface area contributed by atoms with Crippen molar-refractivity contribution in [2.45, 2.75) is 37.3 Å². The molecule has 0 radical (unpaired) electrons. The molecule has 2 heterocycles. The summed E-state index contributed by atoms with van der Waals surface area (Å²) in [5.41, 5.74) is 2.11. The predicted octanol–water partition coefficient (Wildman–Crippen LogP) is 1.39. The van der Waals surface area contributed by atoms with Crippen LogP contribution in [0.3, 0.4) is 0 Å². The van der Waals surface area contributed by atoms with Crippen LogP contribution in [-0.2, 0) is 4.74 Å². The van der Waals surface area contributed by atoms with Gasteiger partial charge < -0.3 is 4.74 Å². The van der Waals surface area contributed by atoms with Crippen molar-refractivity contribution in [1.29, 1.82) is 0 Å². The molecule has 2 aliphatic heterocycles. The van der Waals surface area contributed by atoms with Crippen molar-refractivity contribution >= 4 is 11.8 Å².